The van der Waals surface area contributed by atoms with Crippen molar-refractivity contribution < 1.29 is 17.9 Å². The lowest BCUT2D eigenvalue weighted by Crippen LogP contribution is -2.26. The normalized spacial score (nSPS) is 21.4. The largest absolute Gasteiger partial charge is 0.475 e. The molecular weight excluding hydrogens is 185 g/mol. The van der Waals surface area contributed by atoms with Gasteiger partial charge in [-0.3, -0.25) is 0 Å². The Bertz CT molecular complexity index is 313. The molecule has 2 heterocycles. The first-order chi connectivity index (χ1) is 6.16. The standard InChI is InChI=1S/C7H7F3N2O/c8-4-2-12-6(13-3-4)1-5(11-12)7(9)10/h1,4,7H,2-3H2/t4-/m0/s1. The van der Waals surface area contributed by atoms with Crippen molar-refractivity contribution in [3.63, 3.8) is 0 Å². The van der Waals surface area contributed by atoms with Gasteiger partial charge in [-0.1, -0.05) is 0 Å². The van der Waals surface area contributed by atoms with Crippen LogP contribution in [0, 0.1) is 0 Å². The van der Waals surface area contributed by atoms with Crippen LogP contribution >= 0.6 is 0 Å². The van der Waals surface area contributed by atoms with Crippen molar-refractivity contribution in [3.05, 3.63) is 11.8 Å². The monoisotopic (exact) mass is 192 g/mol. The fourth-order valence-electron chi connectivity index (χ4n) is 1.19. The molecule has 0 saturated heterocycles. The van der Waals surface area contributed by atoms with Crippen molar-refractivity contribution in [2.24, 2.45) is 0 Å². The van der Waals surface area contributed by atoms with Crippen LogP contribution in [-0.2, 0) is 6.54 Å². The zero-order chi connectivity index (χ0) is 9.42. The third-order valence-corrected chi connectivity index (χ3v) is 1.77. The molecular formula is C7H7F3N2O. The molecule has 0 saturated carbocycles. The van der Waals surface area contributed by atoms with Gasteiger partial charge in [0, 0.05) is 6.07 Å². The minimum Gasteiger partial charge on any atom is -0.475 e. The number of hydrogen-bond donors (Lipinski definition) is 0. The maximum Gasteiger partial charge on any atom is 0.282 e. The van der Waals surface area contributed by atoms with Gasteiger partial charge in [-0.15, -0.1) is 0 Å². The van der Waals surface area contributed by atoms with E-state index in [9.17, 15) is 13.2 Å². The maximum absolute atomic E-state index is 12.7. The molecule has 0 radical (unpaired) electrons. The summed E-state index contributed by atoms with van der Waals surface area (Å²) < 4.78 is 42.9. The van der Waals surface area contributed by atoms with E-state index in [2.05, 4.69) is 5.10 Å². The Morgan fingerprint density at radius 1 is 1.62 bits per heavy atom. The molecule has 72 valence electrons. The number of fused-ring (bicyclic) bond motifs is 1. The van der Waals surface area contributed by atoms with Crippen molar-refractivity contribution >= 4 is 0 Å². The zero-order valence-electron chi connectivity index (χ0n) is 6.58. The molecule has 13 heavy (non-hydrogen) atoms. The van der Waals surface area contributed by atoms with Crippen LogP contribution in [0.4, 0.5) is 13.2 Å². The van der Waals surface area contributed by atoms with E-state index in [1.165, 1.54) is 0 Å². The van der Waals surface area contributed by atoms with Crippen LogP contribution in [-0.4, -0.2) is 22.6 Å². The predicted octanol–water partition coefficient (Wildman–Crippen LogP) is 1.55. The summed E-state index contributed by atoms with van der Waals surface area (Å²) in [4.78, 5) is 0. The van der Waals surface area contributed by atoms with Gasteiger partial charge in [-0.2, -0.15) is 5.10 Å². The SMILES string of the molecule is FC(F)c1cc2n(n1)C[C@H](F)CO2. The summed E-state index contributed by atoms with van der Waals surface area (Å²) in [5, 5.41) is 3.50. The molecule has 1 aromatic heterocycles. The van der Waals surface area contributed by atoms with E-state index in [0.717, 1.165) is 10.7 Å². The van der Waals surface area contributed by atoms with Gasteiger partial charge in [0.25, 0.3) is 6.43 Å². The second kappa shape index (κ2) is 2.93. The van der Waals surface area contributed by atoms with Crippen molar-refractivity contribution in [1.29, 1.82) is 0 Å². The number of ether oxygens (including phenoxy) is 1. The molecule has 1 aliphatic rings. The second-order valence-electron chi connectivity index (χ2n) is 2.80. The third kappa shape index (κ3) is 1.48. The summed E-state index contributed by atoms with van der Waals surface area (Å²) in [5.74, 6) is 0.212. The molecule has 0 bridgehead atoms. The van der Waals surface area contributed by atoms with Crippen molar-refractivity contribution in [2.75, 3.05) is 6.61 Å². The van der Waals surface area contributed by atoms with E-state index >= 15 is 0 Å². The van der Waals surface area contributed by atoms with Crippen LogP contribution in [0.2, 0.25) is 0 Å². The smallest absolute Gasteiger partial charge is 0.282 e. The van der Waals surface area contributed by atoms with Crippen LogP contribution in [0.15, 0.2) is 6.07 Å². The van der Waals surface area contributed by atoms with Gasteiger partial charge < -0.3 is 4.74 Å². The van der Waals surface area contributed by atoms with Gasteiger partial charge in [0.1, 0.15) is 12.3 Å². The Kier molecular flexibility index (Phi) is 1.90. The summed E-state index contributed by atoms with van der Waals surface area (Å²) in [6.07, 6.45) is -3.81. The topological polar surface area (TPSA) is 27.1 Å². The highest BCUT2D eigenvalue weighted by molar-refractivity contribution is 5.18. The first kappa shape index (κ1) is 8.40. The first-order valence-corrected chi connectivity index (χ1v) is 3.79. The van der Waals surface area contributed by atoms with Gasteiger partial charge in [0.2, 0.25) is 5.88 Å². The van der Waals surface area contributed by atoms with E-state index in [0.29, 0.717) is 0 Å². The Morgan fingerprint density at radius 3 is 3.08 bits per heavy atom. The zero-order valence-corrected chi connectivity index (χ0v) is 6.58. The summed E-state index contributed by atoms with van der Waals surface area (Å²) in [6, 6.07) is 1.14. The molecule has 6 heteroatoms. The molecule has 0 amide bonds. The molecule has 1 aromatic rings. The summed E-state index contributed by atoms with van der Waals surface area (Å²) in [5.41, 5.74) is -0.371. The van der Waals surface area contributed by atoms with Gasteiger partial charge >= 0.3 is 0 Å². The second-order valence-corrected chi connectivity index (χ2v) is 2.80. The lowest BCUT2D eigenvalue weighted by molar-refractivity contribution is 0.122. The fourth-order valence-corrected chi connectivity index (χ4v) is 1.19. The van der Waals surface area contributed by atoms with E-state index < -0.39 is 12.6 Å². The number of alkyl halides is 3. The minimum absolute atomic E-state index is 0.0119. The molecule has 0 unspecified atom stereocenters. The van der Waals surface area contributed by atoms with Gasteiger partial charge in [-0.05, 0) is 0 Å². The number of hydrogen-bond acceptors (Lipinski definition) is 2. The van der Waals surface area contributed by atoms with Gasteiger partial charge in [0.05, 0.1) is 6.54 Å². The molecule has 0 N–H and O–H groups in total. The quantitative estimate of drug-likeness (QED) is 0.675. The first-order valence-electron chi connectivity index (χ1n) is 3.79. The number of halogens is 3. The van der Waals surface area contributed by atoms with E-state index in [1.54, 1.807) is 0 Å². The third-order valence-electron chi connectivity index (χ3n) is 1.77. The number of rotatable bonds is 1. The molecule has 3 nitrogen and oxygen atoms in total. The van der Waals surface area contributed by atoms with Crippen LogP contribution in [0.25, 0.3) is 0 Å². The molecule has 0 fully saturated rings. The van der Waals surface area contributed by atoms with Crippen molar-refractivity contribution in [3.8, 4) is 5.88 Å². The minimum atomic E-state index is -2.64. The predicted molar refractivity (Wildman–Crippen MR) is 37.6 cm³/mol. The molecule has 0 aliphatic carbocycles. The van der Waals surface area contributed by atoms with E-state index in [1.807, 2.05) is 0 Å². The lowest BCUT2D eigenvalue weighted by Gasteiger charge is -2.17. The molecule has 1 atom stereocenters. The van der Waals surface area contributed by atoms with Crippen LogP contribution < -0.4 is 4.74 Å². The van der Waals surface area contributed by atoms with Crippen LogP contribution in [0.5, 0.6) is 5.88 Å². The lowest BCUT2D eigenvalue weighted by atomic mass is 10.4. The number of aromatic nitrogens is 2. The Balaban J connectivity index is 2.28. The Morgan fingerprint density at radius 2 is 2.38 bits per heavy atom. The van der Waals surface area contributed by atoms with Crippen LogP contribution in [0.1, 0.15) is 12.1 Å². The summed E-state index contributed by atoms with van der Waals surface area (Å²) >= 11 is 0. The highest BCUT2D eigenvalue weighted by atomic mass is 19.3. The summed E-state index contributed by atoms with van der Waals surface area (Å²) in [6.45, 7) is -0.101. The summed E-state index contributed by atoms with van der Waals surface area (Å²) in [7, 11) is 0. The molecule has 0 spiro atoms. The average molecular weight is 192 g/mol. The molecule has 2 rings (SSSR count). The van der Waals surface area contributed by atoms with Crippen molar-refractivity contribution in [2.45, 2.75) is 19.1 Å². The number of nitrogens with zero attached hydrogens (tertiary/aromatic N) is 2. The Labute approximate surface area is 72.1 Å². The van der Waals surface area contributed by atoms with Crippen LogP contribution in [0.3, 0.4) is 0 Å². The van der Waals surface area contributed by atoms with Gasteiger partial charge in [0.15, 0.2) is 6.17 Å². The maximum atomic E-state index is 12.7. The van der Waals surface area contributed by atoms with E-state index in [-0.39, 0.29) is 24.7 Å². The highest BCUT2D eigenvalue weighted by Crippen LogP contribution is 2.25. The molecule has 0 aromatic carbocycles. The Hall–Kier alpha value is -1.20. The van der Waals surface area contributed by atoms with Gasteiger partial charge in [-0.25, -0.2) is 17.9 Å². The molecule has 1 aliphatic heterocycles. The average Bonchev–Trinajstić information content (AvgIpc) is 2.46. The van der Waals surface area contributed by atoms with E-state index in [4.69, 9.17) is 4.74 Å². The fraction of sp³-hybridized carbons (Fsp3) is 0.571. The van der Waals surface area contributed by atoms with Crippen molar-refractivity contribution in [1.82, 2.24) is 9.78 Å². The highest BCUT2D eigenvalue weighted by Gasteiger charge is 2.23.